The summed E-state index contributed by atoms with van der Waals surface area (Å²) in [5.74, 6) is 0.825. The third-order valence-corrected chi connectivity index (χ3v) is 3.29. The first-order valence-corrected chi connectivity index (χ1v) is 5.80. The van der Waals surface area contributed by atoms with E-state index in [1.54, 1.807) is 7.11 Å². The number of benzene rings is 1. The van der Waals surface area contributed by atoms with Crippen LogP contribution in [0.1, 0.15) is 16.8 Å². The summed E-state index contributed by atoms with van der Waals surface area (Å²) in [6.07, 6.45) is 0. The van der Waals surface area contributed by atoms with Gasteiger partial charge in [-0.25, -0.2) is 0 Å². The maximum Gasteiger partial charge on any atom is 0.128 e. The lowest BCUT2D eigenvalue weighted by Gasteiger charge is -2.11. The van der Waals surface area contributed by atoms with E-state index in [0.717, 1.165) is 22.7 Å². The lowest BCUT2D eigenvalue weighted by atomic mass is 10.1. The van der Waals surface area contributed by atoms with E-state index < -0.39 is 0 Å². The Morgan fingerprint density at radius 2 is 1.94 bits per heavy atom. The summed E-state index contributed by atoms with van der Waals surface area (Å²) in [6.45, 7) is 3.99. The Kier molecular flexibility index (Phi) is 3.12. The number of ether oxygens (including phenoxy) is 1. The maximum absolute atomic E-state index is 9.09. The van der Waals surface area contributed by atoms with Gasteiger partial charge in [-0.3, -0.25) is 0 Å². The quantitative estimate of drug-likeness (QED) is 0.808. The molecule has 0 aliphatic rings. The van der Waals surface area contributed by atoms with Crippen LogP contribution in [0.4, 0.5) is 0 Å². The van der Waals surface area contributed by atoms with Crippen LogP contribution in [0.5, 0.6) is 5.75 Å². The summed E-state index contributed by atoms with van der Waals surface area (Å²) < 4.78 is 7.42. The Morgan fingerprint density at radius 3 is 2.50 bits per heavy atom. The summed E-state index contributed by atoms with van der Waals surface area (Å²) in [4.78, 5) is 0. The van der Waals surface area contributed by atoms with Gasteiger partial charge in [-0.2, -0.15) is 5.26 Å². The molecular formula is C15H16N2O. The van der Waals surface area contributed by atoms with Gasteiger partial charge in [-0.1, -0.05) is 11.6 Å². The number of nitriles is 1. The molecule has 0 fully saturated rings. The zero-order valence-corrected chi connectivity index (χ0v) is 11.1. The lowest BCUT2D eigenvalue weighted by Crippen LogP contribution is -1.96. The largest absolute Gasteiger partial charge is 0.496 e. The summed E-state index contributed by atoms with van der Waals surface area (Å²) in [7, 11) is 3.63. The maximum atomic E-state index is 9.09. The minimum Gasteiger partial charge on any atom is -0.496 e. The van der Waals surface area contributed by atoms with E-state index in [1.807, 2.05) is 43.7 Å². The van der Waals surface area contributed by atoms with Gasteiger partial charge in [-0.05, 0) is 32.0 Å². The monoisotopic (exact) mass is 240 g/mol. The summed E-state index contributed by atoms with van der Waals surface area (Å²) in [6, 6.07) is 10.2. The first-order chi connectivity index (χ1) is 8.58. The molecule has 1 heterocycles. The van der Waals surface area contributed by atoms with Crippen molar-refractivity contribution in [2.45, 2.75) is 13.8 Å². The van der Waals surface area contributed by atoms with Crippen molar-refractivity contribution in [3.63, 3.8) is 0 Å². The zero-order valence-electron chi connectivity index (χ0n) is 11.1. The highest BCUT2D eigenvalue weighted by Crippen LogP contribution is 2.32. The highest BCUT2D eigenvalue weighted by molar-refractivity contribution is 5.71. The third-order valence-electron chi connectivity index (χ3n) is 3.29. The fraction of sp³-hybridized carbons (Fsp3) is 0.267. The zero-order chi connectivity index (χ0) is 13.3. The average Bonchev–Trinajstić information content (AvgIpc) is 2.66. The minimum atomic E-state index is 0.705. The Hall–Kier alpha value is -2.21. The van der Waals surface area contributed by atoms with E-state index in [0.29, 0.717) is 5.56 Å². The van der Waals surface area contributed by atoms with Gasteiger partial charge in [-0.15, -0.1) is 0 Å². The SMILES string of the molecule is COc1ccc(C)cc1-c1cc(C#N)c(C)n1C. The fourth-order valence-corrected chi connectivity index (χ4v) is 2.09. The second-order valence-corrected chi connectivity index (χ2v) is 4.40. The molecule has 1 aromatic carbocycles. The normalized spacial score (nSPS) is 10.2. The molecule has 0 spiro atoms. The number of methoxy groups -OCH3 is 1. The van der Waals surface area contributed by atoms with Crippen LogP contribution in [0.15, 0.2) is 24.3 Å². The van der Waals surface area contributed by atoms with E-state index in [4.69, 9.17) is 10.00 Å². The van der Waals surface area contributed by atoms with Gasteiger partial charge < -0.3 is 9.30 Å². The molecule has 2 rings (SSSR count). The van der Waals surface area contributed by atoms with Gasteiger partial charge >= 0.3 is 0 Å². The highest BCUT2D eigenvalue weighted by Gasteiger charge is 2.14. The predicted molar refractivity (Wildman–Crippen MR) is 71.6 cm³/mol. The number of hydrogen-bond acceptors (Lipinski definition) is 2. The molecule has 0 unspecified atom stereocenters. The van der Waals surface area contributed by atoms with Crippen LogP contribution in [0.25, 0.3) is 11.3 Å². The number of hydrogen-bond donors (Lipinski definition) is 0. The molecule has 0 atom stereocenters. The summed E-state index contributed by atoms with van der Waals surface area (Å²) in [5, 5.41) is 9.09. The Bertz CT molecular complexity index is 633. The molecule has 0 amide bonds. The van der Waals surface area contributed by atoms with Crippen molar-refractivity contribution in [3.05, 3.63) is 41.1 Å². The first-order valence-electron chi connectivity index (χ1n) is 5.80. The molecule has 2 aromatic rings. The van der Waals surface area contributed by atoms with Crippen molar-refractivity contribution in [3.8, 4) is 23.1 Å². The van der Waals surface area contributed by atoms with Crippen molar-refractivity contribution >= 4 is 0 Å². The third kappa shape index (κ3) is 1.86. The number of aryl methyl sites for hydroxylation is 1. The molecule has 3 heteroatoms. The van der Waals surface area contributed by atoms with Gasteiger partial charge in [0.25, 0.3) is 0 Å². The van der Waals surface area contributed by atoms with Gasteiger partial charge in [0.05, 0.1) is 18.4 Å². The molecule has 0 radical (unpaired) electrons. The van der Waals surface area contributed by atoms with Gasteiger partial charge in [0, 0.05) is 18.3 Å². The van der Waals surface area contributed by atoms with Gasteiger partial charge in [0.2, 0.25) is 0 Å². The van der Waals surface area contributed by atoms with Crippen LogP contribution >= 0.6 is 0 Å². The second-order valence-electron chi connectivity index (χ2n) is 4.40. The van der Waals surface area contributed by atoms with Gasteiger partial charge in [0.15, 0.2) is 0 Å². The average molecular weight is 240 g/mol. The smallest absolute Gasteiger partial charge is 0.128 e. The number of rotatable bonds is 2. The topological polar surface area (TPSA) is 37.9 Å². The number of nitrogens with zero attached hydrogens (tertiary/aromatic N) is 2. The standard InChI is InChI=1S/C15H16N2O/c1-10-5-6-15(18-4)13(7-10)14-8-12(9-16)11(2)17(14)3/h5-8H,1-4H3. The predicted octanol–water partition coefficient (Wildman–Crippen LogP) is 3.19. The molecule has 0 bridgehead atoms. The van der Waals surface area contributed by atoms with Crippen LogP contribution in [0.2, 0.25) is 0 Å². The molecular weight excluding hydrogens is 224 g/mol. The van der Waals surface area contributed by atoms with Crippen molar-refractivity contribution in [1.82, 2.24) is 4.57 Å². The second kappa shape index (κ2) is 4.58. The lowest BCUT2D eigenvalue weighted by molar-refractivity contribution is 0.416. The summed E-state index contributed by atoms with van der Waals surface area (Å²) in [5.41, 5.74) is 4.87. The molecule has 0 aliphatic carbocycles. The van der Waals surface area contributed by atoms with Crippen molar-refractivity contribution in [1.29, 1.82) is 5.26 Å². The van der Waals surface area contributed by atoms with E-state index in [9.17, 15) is 0 Å². The Morgan fingerprint density at radius 1 is 1.22 bits per heavy atom. The van der Waals surface area contributed by atoms with Crippen LogP contribution in [0, 0.1) is 25.2 Å². The molecule has 3 nitrogen and oxygen atoms in total. The van der Waals surface area contributed by atoms with Gasteiger partial charge in [0.1, 0.15) is 11.8 Å². The molecule has 0 N–H and O–H groups in total. The molecule has 0 saturated heterocycles. The van der Waals surface area contributed by atoms with E-state index in [-0.39, 0.29) is 0 Å². The molecule has 92 valence electrons. The first kappa shape index (κ1) is 12.3. The molecule has 1 aromatic heterocycles. The molecule has 18 heavy (non-hydrogen) atoms. The highest BCUT2D eigenvalue weighted by atomic mass is 16.5. The Labute approximate surface area is 107 Å². The van der Waals surface area contributed by atoms with Crippen LogP contribution < -0.4 is 4.74 Å². The van der Waals surface area contributed by atoms with Crippen molar-refractivity contribution in [2.75, 3.05) is 7.11 Å². The van der Waals surface area contributed by atoms with E-state index in [1.165, 1.54) is 5.56 Å². The van der Waals surface area contributed by atoms with E-state index in [2.05, 4.69) is 12.1 Å². The fourth-order valence-electron chi connectivity index (χ4n) is 2.09. The molecule has 0 aliphatic heterocycles. The van der Waals surface area contributed by atoms with Crippen molar-refractivity contribution in [2.24, 2.45) is 7.05 Å². The Balaban J connectivity index is 2.69. The minimum absolute atomic E-state index is 0.705. The van der Waals surface area contributed by atoms with E-state index >= 15 is 0 Å². The summed E-state index contributed by atoms with van der Waals surface area (Å²) >= 11 is 0. The number of aromatic nitrogens is 1. The van der Waals surface area contributed by atoms with Crippen LogP contribution in [0.3, 0.4) is 0 Å². The van der Waals surface area contributed by atoms with Crippen molar-refractivity contribution < 1.29 is 4.74 Å². The van der Waals surface area contributed by atoms with Crippen LogP contribution in [-0.2, 0) is 7.05 Å². The van der Waals surface area contributed by atoms with Crippen LogP contribution in [-0.4, -0.2) is 11.7 Å². The molecule has 0 saturated carbocycles.